The van der Waals surface area contributed by atoms with Crippen molar-refractivity contribution in [1.29, 1.82) is 0 Å². The Morgan fingerprint density at radius 1 is 1.14 bits per heavy atom. The minimum absolute atomic E-state index is 0.416. The molecule has 5 nitrogen and oxygen atoms in total. The number of nitrogens with one attached hydrogen (secondary N) is 1. The molecule has 0 aliphatic carbocycles. The molecule has 0 amide bonds. The number of thiophene rings is 1. The van der Waals surface area contributed by atoms with Gasteiger partial charge < -0.3 is 5.32 Å². The second-order valence-corrected chi connectivity index (χ2v) is 10.1. The Morgan fingerprint density at radius 2 is 1.93 bits per heavy atom. The van der Waals surface area contributed by atoms with Gasteiger partial charge in [-0.3, -0.25) is 4.98 Å². The molecule has 0 aliphatic heterocycles. The molecule has 0 bridgehead atoms. The van der Waals surface area contributed by atoms with Crippen LogP contribution in [0.4, 0.5) is 0 Å². The Morgan fingerprint density at radius 3 is 2.68 bits per heavy atom. The molecule has 0 radical (unpaired) electrons. The fraction of sp³-hybridized carbons (Fsp3) is 0.350. The average Bonchev–Trinajstić information content (AvgIpc) is 3.17. The Kier molecular flexibility index (Phi) is 7.06. The van der Waals surface area contributed by atoms with E-state index in [4.69, 9.17) is 11.6 Å². The first-order valence-electron chi connectivity index (χ1n) is 9.29. The van der Waals surface area contributed by atoms with Crippen LogP contribution in [0.25, 0.3) is 10.9 Å². The van der Waals surface area contributed by atoms with E-state index in [-0.39, 0.29) is 0 Å². The molecule has 8 heteroatoms. The van der Waals surface area contributed by atoms with Gasteiger partial charge >= 0.3 is 0 Å². The smallest absolute Gasteiger partial charge is 0.252 e. The summed E-state index contributed by atoms with van der Waals surface area (Å²) in [6.07, 6.45) is 2.54. The highest BCUT2D eigenvalue weighted by Crippen LogP contribution is 2.26. The first-order chi connectivity index (χ1) is 13.5. The van der Waals surface area contributed by atoms with Crippen LogP contribution in [-0.2, 0) is 23.0 Å². The summed E-state index contributed by atoms with van der Waals surface area (Å²) in [5.41, 5.74) is 2.00. The minimum Gasteiger partial charge on any atom is -0.312 e. The van der Waals surface area contributed by atoms with Crippen molar-refractivity contribution in [2.24, 2.45) is 0 Å². The average molecular weight is 438 g/mol. The van der Waals surface area contributed by atoms with Crippen LogP contribution >= 0.6 is 22.9 Å². The number of sulfonamides is 1. The molecule has 0 spiro atoms. The van der Waals surface area contributed by atoms with E-state index in [0.29, 0.717) is 28.9 Å². The van der Waals surface area contributed by atoms with Gasteiger partial charge in [-0.05, 0) is 42.3 Å². The Labute approximate surface area is 175 Å². The fourth-order valence-electron chi connectivity index (χ4n) is 3.10. The molecule has 0 fully saturated rings. The summed E-state index contributed by atoms with van der Waals surface area (Å²) in [5, 5.41) is 5.07. The van der Waals surface area contributed by atoms with Crippen molar-refractivity contribution in [2.75, 3.05) is 19.6 Å². The van der Waals surface area contributed by atoms with Crippen molar-refractivity contribution in [3.8, 4) is 0 Å². The van der Waals surface area contributed by atoms with E-state index in [1.54, 1.807) is 12.3 Å². The molecule has 150 valence electrons. The summed E-state index contributed by atoms with van der Waals surface area (Å²) in [4.78, 5) is 5.50. The van der Waals surface area contributed by atoms with Gasteiger partial charge in [0.05, 0.1) is 5.52 Å². The fourth-order valence-corrected chi connectivity index (χ4v) is 6.28. The Bertz CT molecular complexity index is 1050. The molecule has 0 atom stereocenters. The van der Waals surface area contributed by atoms with E-state index < -0.39 is 10.0 Å². The number of pyridine rings is 1. The SMILES string of the molecule is CCN(CC)S(=O)(=O)c1ccc(CCNCc2ccc(Cl)c3cccnc23)s1. The summed E-state index contributed by atoms with van der Waals surface area (Å²) in [6, 6.07) is 11.4. The van der Waals surface area contributed by atoms with Crippen molar-refractivity contribution >= 4 is 43.9 Å². The van der Waals surface area contributed by atoms with Crippen molar-refractivity contribution in [3.05, 3.63) is 58.1 Å². The third-order valence-corrected chi connectivity index (χ3v) is 8.59. The maximum absolute atomic E-state index is 12.6. The number of benzene rings is 1. The molecule has 2 heterocycles. The Balaban J connectivity index is 1.60. The van der Waals surface area contributed by atoms with Gasteiger partial charge in [0.2, 0.25) is 0 Å². The van der Waals surface area contributed by atoms with Gasteiger partial charge in [-0.2, -0.15) is 4.31 Å². The van der Waals surface area contributed by atoms with Gasteiger partial charge in [-0.1, -0.05) is 31.5 Å². The van der Waals surface area contributed by atoms with E-state index in [0.717, 1.165) is 34.3 Å². The molecule has 1 aromatic carbocycles. The second-order valence-electron chi connectivity index (χ2n) is 6.34. The number of aromatic nitrogens is 1. The van der Waals surface area contributed by atoms with Crippen LogP contribution in [0.3, 0.4) is 0 Å². The van der Waals surface area contributed by atoms with E-state index in [1.807, 2.05) is 44.2 Å². The van der Waals surface area contributed by atoms with Gasteiger partial charge in [0.1, 0.15) is 4.21 Å². The van der Waals surface area contributed by atoms with E-state index >= 15 is 0 Å². The highest BCUT2D eigenvalue weighted by atomic mass is 35.5. The first-order valence-corrected chi connectivity index (χ1v) is 11.9. The highest BCUT2D eigenvalue weighted by molar-refractivity contribution is 7.91. The lowest BCUT2D eigenvalue weighted by atomic mass is 10.1. The standard InChI is InChI=1S/C20H24ClN3O2S2/c1-3-24(4-2)28(25,26)19-10-8-16(27-19)11-13-22-14-15-7-9-18(21)17-6-5-12-23-20(15)17/h5-10,12,22H,3-4,11,13-14H2,1-2H3. The lowest BCUT2D eigenvalue weighted by Gasteiger charge is -2.16. The largest absolute Gasteiger partial charge is 0.312 e. The molecule has 3 rings (SSSR count). The van der Waals surface area contributed by atoms with Crippen molar-refractivity contribution in [1.82, 2.24) is 14.6 Å². The maximum atomic E-state index is 12.6. The van der Waals surface area contributed by atoms with E-state index in [1.165, 1.54) is 15.6 Å². The topological polar surface area (TPSA) is 62.3 Å². The zero-order valence-corrected chi connectivity index (χ0v) is 18.4. The first kappa shape index (κ1) is 21.2. The zero-order valence-electron chi connectivity index (χ0n) is 16.0. The molecule has 0 saturated heterocycles. The van der Waals surface area contributed by atoms with Crippen molar-refractivity contribution < 1.29 is 8.42 Å². The van der Waals surface area contributed by atoms with E-state index in [9.17, 15) is 8.42 Å². The number of rotatable bonds is 9. The molecule has 28 heavy (non-hydrogen) atoms. The predicted octanol–water partition coefficient (Wildman–Crippen LogP) is 4.31. The van der Waals surface area contributed by atoms with Gasteiger partial charge in [0.15, 0.2) is 0 Å². The van der Waals surface area contributed by atoms with Crippen LogP contribution in [0, 0.1) is 0 Å². The van der Waals surface area contributed by atoms with Gasteiger partial charge in [0, 0.05) is 47.7 Å². The summed E-state index contributed by atoms with van der Waals surface area (Å²) in [5.74, 6) is 0. The molecular formula is C20H24ClN3O2S2. The van der Waals surface area contributed by atoms with Crippen LogP contribution in [0.2, 0.25) is 5.02 Å². The Hall–Kier alpha value is -1.51. The van der Waals surface area contributed by atoms with E-state index in [2.05, 4.69) is 10.3 Å². The molecule has 0 saturated carbocycles. The molecule has 3 aromatic rings. The number of hydrogen-bond donors (Lipinski definition) is 1. The molecule has 0 aliphatic rings. The normalized spacial score (nSPS) is 12.1. The molecule has 1 N–H and O–H groups in total. The third-order valence-electron chi connectivity index (χ3n) is 4.60. The van der Waals surface area contributed by atoms with Crippen LogP contribution < -0.4 is 5.32 Å². The monoisotopic (exact) mass is 437 g/mol. The van der Waals surface area contributed by atoms with Crippen molar-refractivity contribution in [2.45, 2.75) is 31.0 Å². The number of nitrogens with zero attached hydrogens (tertiary/aromatic N) is 2. The minimum atomic E-state index is -3.37. The van der Waals surface area contributed by atoms with Crippen LogP contribution in [0.15, 0.2) is 46.8 Å². The maximum Gasteiger partial charge on any atom is 0.252 e. The number of hydrogen-bond acceptors (Lipinski definition) is 5. The third kappa shape index (κ3) is 4.55. The van der Waals surface area contributed by atoms with Gasteiger partial charge in [-0.25, -0.2) is 8.42 Å². The summed E-state index contributed by atoms with van der Waals surface area (Å²) < 4.78 is 27.1. The lowest BCUT2D eigenvalue weighted by molar-refractivity contribution is 0.447. The molecule has 0 unspecified atom stereocenters. The summed E-state index contributed by atoms with van der Waals surface area (Å²) in [7, 11) is -3.37. The molecule has 2 aromatic heterocycles. The number of fused-ring (bicyclic) bond motifs is 1. The highest BCUT2D eigenvalue weighted by Gasteiger charge is 2.23. The second kappa shape index (κ2) is 9.33. The predicted molar refractivity (Wildman–Crippen MR) is 117 cm³/mol. The van der Waals surface area contributed by atoms with Crippen LogP contribution in [0.5, 0.6) is 0 Å². The quantitative estimate of drug-likeness (QED) is 0.506. The van der Waals surface area contributed by atoms with Crippen molar-refractivity contribution in [3.63, 3.8) is 0 Å². The number of halogens is 1. The summed E-state index contributed by atoms with van der Waals surface area (Å²) >= 11 is 7.59. The van der Waals surface area contributed by atoms with Gasteiger partial charge in [0.25, 0.3) is 10.0 Å². The van der Waals surface area contributed by atoms with Crippen LogP contribution in [0.1, 0.15) is 24.3 Å². The van der Waals surface area contributed by atoms with Crippen LogP contribution in [-0.4, -0.2) is 37.3 Å². The molecular weight excluding hydrogens is 414 g/mol. The van der Waals surface area contributed by atoms with Gasteiger partial charge in [-0.15, -0.1) is 11.3 Å². The summed E-state index contributed by atoms with van der Waals surface area (Å²) in [6.45, 7) is 6.11. The lowest BCUT2D eigenvalue weighted by Crippen LogP contribution is -2.29. The zero-order chi connectivity index (χ0) is 20.1.